The highest BCUT2D eigenvalue weighted by Crippen LogP contribution is 2.11. The minimum Gasteiger partial charge on any atom is -0.455 e. The molecule has 0 spiro atoms. The summed E-state index contributed by atoms with van der Waals surface area (Å²) in [5.74, 6) is 0.593. The molecule has 0 radical (unpaired) electrons. The second kappa shape index (κ2) is 5.53. The summed E-state index contributed by atoms with van der Waals surface area (Å²) in [6, 6.07) is 5.26. The van der Waals surface area contributed by atoms with E-state index in [0.29, 0.717) is 6.54 Å². The zero-order chi connectivity index (χ0) is 13.0. The van der Waals surface area contributed by atoms with E-state index >= 15 is 0 Å². The molecule has 5 nitrogen and oxygen atoms in total. The number of aryl methyl sites for hydroxylation is 1. The minimum absolute atomic E-state index is 0.249. The van der Waals surface area contributed by atoms with Crippen LogP contribution in [0.5, 0.6) is 0 Å². The third kappa shape index (κ3) is 3.00. The Morgan fingerprint density at radius 2 is 2.39 bits per heavy atom. The summed E-state index contributed by atoms with van der Waals surface area (Å²) in [5.41, 5.74) is 0. The first-order chi connectivity index (χ1) is 8.69. The summed E-state index contributed by atoms with van der Waals surface area (Å²) >= 11 is 0. The number of carbonyl (C=O) groups excluding carboxylic acids is 1. The summed E-state index contributed by atoms with van der Waals surface area (Å²) < 4.78 is 12.3. The van der Waals surface area contributed by atoms with Crippen molar-refractivity contribution in [2.24, 2.45) is 0 Å². The lowest BCUT2D eigenvalue weighted by Gasteiger charge is -2.12. The molecule has 0 saturated carbocycles. The summed E-state index contributed by atoms with van der Waals surface area (Å²) in [6.07, 6.45) is 4.02. The van der Waals surface area contributed by atoms with Crippen molar-refractivity contribution in [2.75, 3.05) is 0 Å². The maximum Gasteiger partial charge on any atom is 0.374 e. The Hall–Kier alpha value is -2.04. The second-order valence-corrected chi connectivity index (χ2v) is 4.06. The molecule has 0 N–H and O–H groups in total. The standard InChI is InChI=1S/C13H16N2O3/c1-3-11-5-6-12(18-11)13(16)17-10(2)9-15-8-4-7-14-15/h4-8,10H,3,9H2,1-2H3. The highest BCUT2D eigenvalue weighted by molar-refractivity contribution is 5.86. The first kappa shape index (κ1) is 12.4. The van der Waals surface area contributed by atoms with Gasteiger partial charge in [0, 0.05) is 18.8 Å². The van der Waals surface area contributed by atoms with E-state index in [2.05, 4.69) is 5.10 Å². The van der Waals surface area contributed by atoms with Crippen LogP contribution in [-0.4, -0.2) is 21.9 Å². The van der Waals surface area contributed by atoms with Crippen LogP contribution >= 0.6 is 0 Å². The molecule has 1 unspecified atom stereocenters. The van der Waals surface area contributed by atoms with E-state index in [1.165, 1.54) is 0 Å². The largest absolute Gasteiger partial charge is 0.455 e. The Morgan fingerprint density at radius 1 is 1.56 bits per heavy atom. The van der Waals surface area contributed by atoms with E-state index < -0.39 is 5.97 Å². The van der Waals surface area contributed by atoms with E-state index in [1.54, 1.807) is 23.0 Å². The fraction of sp³-hybridized carbons (Fsp3) is 0.385. The maximum absolute atomic E-state index is 11.8. The number of nitrogens with zero attached hydrogens (tertiary/aromatic N) is 2. The van der Waals surface area contributed by atoms with Gasteiger partial charge in [-0.2, -0.15) is 5.10 Å². The Morgan fingerprint density at radius 3 is 3.00 bits per heavy atom. The van der Waals surface area contributed by atoms with Gasteiger partial charge in [0.2, 0.25) is 5.76 Å². The maximum atomic E-state index is 11.8. The zero-order valence-corrected chi connectivity index (χ0v) is 10.5. The van der Waals surface area contributed by atoms with Crippen LogP contribution in [0.2, 0.25) is 0 Å². The second-order valence-electron chi connectivity index (χ2n) is 4.06. The predicted octanol–water partition coefficient (Wildman–Crippen LogP) is 2.28. The smallest absolute Gasteiger partial charge is 0.374 e. The van der Waals surface area contributed by atoms with E-state index in [-0.39, 0.29) is 11.9 Å². The molecule has 0 amide bonds. The fourth-order valence-electron chi connectivity index (χ4n) is 1.63. The number of esters is 1. The van der Waals surface area contributed by atoms with Gasteiger partial charge in [-0.1, -0.05) is 6.92 Å². The Kier molecular flexibility index (Phi) is 3.82. The highest BCUT2D eigenvalue weighted by Gasteiger charge is 2.16. The van der Waals surface area contributed by atoms with Crippen LogP contribution in [0.4, 0.5) is 0 Å². The van der Waals surface area contributed by atoms with Gasteiger partial charge in [-0.15, -0.1) is 0 Å². The lowest BCUT2D eigenvalue weighted by molar-refractivity contribution is 0.0261. The summed E-state index contributed by atoms with van der Waals surface area (Å²) in [5, 5.41) is 4.06. The van der Waals surface area contributed by atoms with Gasteiger partial charge in [0.1, 0.15) is 11.9 Å². The van der Waals surface area contributed by atoms with Crippen molar-refractivity contribution < 1.29 is 13.9 Å². The molecule has 2 heterocycles. The molecule has 96 valence electrons. The number of furan rings is 1. The van der Waals surface area contributed by atoms with E-state index in [4.69, 9.17) is 9.15 Å². The first-order valence-corrected chi connectivity index (χ1v) is 5.96. The Balaban J connectivity index is 1.90. The van der Waals surface area contributed by atoms with Crippen LogP contribution in [0, 0.1) is 0 Å². The Bertz CT molecular complexity index is 502. The zero-order valence-electron chi connectivity index (χ0n) is 10.5. The number of carbonyl (C=O) groups is 1. The molecule has 0 aliphatic rings. The van der Waals surface area contributed by atoms with Crippen molar-refractivity contribution in [1.82, 2.24) is 9.78 Å². The molecule has 1 atom stereocenters. The molecule has 5 heteroatoms. The summed E-state index contributed by atoms with van der Waals surface area (Å²) in [7, 11) is 0. The molecule has 0 fully saturated rings. The minimum atomic E-state index is -0.436. The molecule has 0 aromatic carbocycles. The lowest BCUT2D eigenvalue weighted by atomic mass is 10.3. The number of hydrogen-bond acceptors (Lipinski definition) is 4. The quantitative estimate of drug-likeness (QED) is 0.762. The average Bonchev–Trinajstić information content (AvgIpc) is 2.98. The van der Waals surface area contributed by atoms with Gasteiger partial charge >= 0.3 is 5.97 Å². The first-order valence-electron chi connectivity index (χ1n) is 5.96. The molecule has 0 saturated heterocycles. The average molecular weight is 248 g/mol. The monoisotopic (exact) mass is 248 g/mol. The predicted molar refractivity (Wildman–Crippen MR) is 65.2 cm³/mol. The van der Waals surface area contributed by atoms with Crippen LogP contribution in [0.25, 0.3) is 0 Å². The number of ether oxygens (including phenoxy) is 1. The van der Waals surface area contributed by atoms with Crippen LogP contribution in [-0.2, 0) is 17.7 Å². The van der Waals surface area contributed by atoms with Gasteiger partial charge < -0.3 is 9.15 Å². The summed E-state index contributed by atoms with van der Waals surface area (Å²) in [6.45, 7) is 4.32. The molecular formula is C13H16N2O3. The topological polar surface area (TPSA) is 57.3 Å². The molecule has 2 rings (SSSR count). The van der Waals surface area contributed by atoms with Crippen molar-refractivity contribution in [3.63, 3.8) is 0 Å². The highest BCUT2D eigenvalue weighted by atomic mass is 16.6. The molecule has 2 aromatic rings. The van der Waals surface area contributed by atoms with Crippen molar-refractivity contribution in [3.05, 3.63) is 42.1 Å². The molecule has 0 bridgehead atoms. The van der Waals surface area contributed by atoms with Gasteiger partial charge in [-0.3, -0.25) is 4.68 Å². The van der Waals surface area contributed by atoms with Crippen LogP contribution in [0.15, 0.2) is 35.0 Å². The molecule has 0 aliphatic carbocycles. The van der Waals surface area contributed by atoms with Crippen LogP contribution in [0.3, 0.4) is 0 Å². The molecule has 18 heavy (non-hydrogen) atoms. The van der Waals surface area contributed by atoms with Crippen LogP contribution < -0.4 is 0 Å². The number of rotatable bonds is 5. The van der Waals surface area contributed by atoms with Crippen molar-refractivity contribution in [3.8, 4) is 0 Å². The van der Waals surface area contributed by atoms with Crippen molar-refractivity contribution in [1.29, 1.82) is 0 Å². The van der Waals surface area contributed by atoms with E-state index in [0.717, 1.165) is 12.2 Å². The van der Waals surface area contributed by atoms with Gasteiger partial charge in [-0.25, -0.2) is 4.79 Å². The van der Waals surface area contributed by atoms with Gasteiger partial charge in [0.05, 0.1) is 6.54 Å². The molecule has 0 aliphatic heterocycles. The van der Waals surface area contributed by atoms with Crippen molar-refractivity contribution in [2.45, 2.75) is 32.9 Å². The third-order valence-corrected chi connectivity index (χ3v) is 2.52. The van der Waals surface area contributed by atoms with Gasteiger partial charge in [0.25, 0.3) is 0 Å². The van der Waals surface area contributed by atoms with Crippen molar-refractivity contribution >= 4 is 5.97 Å². The third-order valence-electron chi connectivity index (χ3n) is 2.52. The number of aromatic nitrogens is 2. The van der Waals surface area contributed by atoms with E-state index in [9.17, 15) is 4.79 Å². The summed E-state index contributed by atoms with van der Waals surface area (Å²) in [4.78, 5) is 11.8. The molecular weight excluding hydrogens is 232 g/mol. The SMILES string of the molecule is CCc1ccc(C(=O)OC(C)Cn2cccn2)o1. The van der Waals surface area contributed by atoms with Gasteiger partial charge in [-0.05, 0) is 25.1 Å². The normalized spacial score (nSPS) is 12.3. The lowest BCUT2D eigenvalue weighted by Crippen LogP contribution is -2.20. The van der Waals surface area contributed by atoms with E-state index in [1.807, 2.05) is 26.1 Å². The van der Waals surface area contributed by atoms with Gasteiger partial charge in [0.15, 0.2) is 0 Å². The van der Waals surface area contributed by atoms with Crippen LogP contribution in [0.1, 0.15) is 30.2 Å². The molecule has 2 aromatic heterocycles. The fourth-order valence-corrected chi connectivity index (χ4v) is 1.63. The number of hydrogen-bond donors (Lipinski definition) is 0. The Labute approximate surface area is 105 Å².